The zero-order valence-electron chi connectivity index (χ0n) is 18.1. The van der Waals surface area contributed by atoms with Crippen LogP contribution in [-0.2, 0) is 10.0 Å². The van der Waals surface area contributed by atoms with Crippen molar-refractivity contribution in [3.8, 4) is 11.1 Å². The van der Waals surface area contributed by atoms with Crippen molar-refractivity contribution in [1.82, 2.24) is 4.72 Å². The SMILES string of the molecule is O=C(CNS(=O)(=O)c1ccc(NC(=O)c2ccccc2-c2ccccc2)cc1)c1ccccc1. The number of ketones is 1. The number of rotatable bonds is 8. The summed E-state index contributed by atoms with van der Waals surface area (Å²) >= 11 is 0. The molecule has 0 heterocycles. The molecule has 0 saturated carbocycles. The summed E-state index contributed by atoms with van der Waals surface area (Å²) < 4.78 is 27.5. The minimum atomic E-state index is -3.89. The van der Waals surface area contributed by atoms with Crippen molar-refractivity contribution in [1.29, 1.82) is 0 Å². The summed E-state index contributed by atoms with van der Waals surface area (Å²) in [4.78, 5) is 25.1. The molecule has 0 radical (unpaired) electrons. The van der Waals surface area contributed by atoms with Gasteiger partial charge in [0.15, 0.2) is 5.78 Å². The van der Waals surface area contributed by atoms with Gasteiger partial charge >= 0.3 is 0 Å². The van der Waals surface area contributed by atoms with Crippen LogP contribution in [0.5, 0.6) is 0 Å². The minimum Gasteiger partial charge on any atom is -0.322 e. The third-order valence-electron chi connectivity index (χ3n) is 5.20. The fourth-order valence-electron chi connectivity index (χ4n) is 3.44. The summed E-state index contributed by atoms with van der Waals surface area (Å²) in [6.07, 6.45) is 0. The van der Waals surface area contributed by atoms with Crippen molar-refractivity contribution in [2.45, 2.75) is 4.90 Å². The van der Waals surface area contributed by atoms with Gasteiger partial charge < -0.3 is 5.32 Å². The molecule has 0 aliphatic heterocycles. The van der Waals surface area contributed by atoms with Crippen LogP contribution in [0.15, 0.2) is 114 Å². The summed E-state index contributed by atoms with van der Waals surface area (Å²) in [7, 11) is -3.89. The minimum absolute atomic E-state index is 0.00366. The number of sulfonamides is 1. The Morgan fingerprint density at radius 3 is 1.94 bits per heavy atom. The van der Waals surface area contributed by atoms with E-state index in [1.165, 1.54) is 24.3 Å². The van der Waals surface area contributed by atoms with E-state index in [2.05, 4.69) is 10.0 Å². The van der Waals surface area contributed by atoms with Crippen molar-refractivity contribution >= 4 is 27.4 Å². The second kappa shape index (κ2) is 10.2. The number of benzene rings is 4. The Morgan fingerprint density at radius 1 is 0.676 bits per heavy atom. The number of hydrogen-bond acceptors (Lipinski definition) is 4. The molecule has 4 aromatic rings. The second-order valence-electron chi connectivity index (χ2n) is 7.50. The zero-order chi connectivity index (χ0) is 24.0. The first kappa shape index (κ1) is 23.1. The quantitative estimate of drug-likeness (QED) is 0.363. The maximum atomic E-state index is 12.9. The largest absolute Gasteiger partial charge is 0.322 e. The van der Waals surface area contributed by atoms with Gasteiger partial charge in [-0.15, -0.1) is 0 Å². The normalized spacial score (nSPS) is 11.1. The van der Waals surface area contributed by atoms with Gasteiger partial charge in [-0.25, -0.2) is 13.1 Å². The van der Waals surface area contributed by atoms with Crippen LogP contribution >= 0.6 is 0 Å². The average molecular weight is 471 g/mol. The molecule has 0 atom stereocenters. The Balaban J connectivity index is 1.44. The summed E-state index contributed by atoms with van der Waals surface area (Å²) in [5, 5.41) is 2.81. The highest BCUT2D eigenvalue weighted by Gasteiger charge is 2.17. The molecule has 2 N–H and O–H groups in total. The van der Waals surface area contributed by atoms with Gasteiger partial charge in [-0.3, -0.25) is 9.59 Å². The van der Waals surface area contributed by atoms with E-state index >= 15 is 0 Å². The molecular weight excluding hydrogens is 448 g/mol. The molecule has 4 rings (SSSR count). The molecule has 0 bridgehead atoms. The van der Waals surface area contributed by atoms with Gasteiger partial charge in [0.05, 0.1) is 11.4 Å². The number of Topliss-reactive ketones (excluding diaryl/α,β-unsaturated/α-hetero) is 1. The van der Waals surface area contributed by atoms with E-state index in [1.807, 2.05) is 42.5 Å². The highest BCUT2D eigenvalue weighted by Crippen LogP contribution is 2.24. The van der Waals surface area contributed by atoms with E-state index in [0.717, 1.165) is 11.1 Å². The molecule has 0 unspecified atom stereocenters. The van der Waals surface area contributed by atoms with Gasteiger partial charge in [0.2, 0.25) is 10.0 Å². The Labute approximate surface area is 198 Å². The molecule has 0 fully saturated rings. The number of carbonyl (C=O) groups excluding carboxylic acids is 2. The zero-order valence-corrected chi connectivity index (χ0v) is 19.0. The van der Waals surface area contributed by atoms with Gasteiger partial charge in [-0.2, -0.15) is 0 Å². The summed E-state index contributed by atoms with van der Waals surface area (Å²) in [5.74, 6) is -0.633. The lowest BCUT2D eigenvalue weighted by molar-refractivity contribution is 0.0995. The fourth-order valence-corrected chi connectivity index (χ4v) is 4.42. The summed E-state index contributed by atoms with van der Waals surface area (Å²) in [6, 6.07) is 31.1. The van der Waals surface area contributed by atoms with Crippen LogP contribution in [0, 0.1) is 0 Å². The first-order valence-electron chi connectivity index (χ1n) is 10.6. The third-order valence-corrected chi connectivity index (χ3v) is 6.61. The maximum Gasteiger partial charge on any atom is 0.256 e. The lowest BCUT2D eigenvalue weighted by atomic mass is 9.99. The predicted octanol–water partition coefficient (Wildman–Crippen LogP) is 4.77. The van der Waals surface area contributed by atoms with E-state index in [9.17, 15) is 18.0 Å². The first-order valence-corrected chi connectivity index (χ1v) is 12.1. The van der Waals surface area contributed by atoms with Gasteiger partial charge in [0.25, 0.3) is 5.91 Å². The predicted molar refractivity (Wildman–Crippen MR) is 132 cm³/mol. The molecule has 4 aromatic carbocycles. The molecule has 0 saturated heterocycles. The molecule has 0 aliphatic rings. The summed E-state index contributed by atoms with van der Waals surface area (Å²) in [5.41, 5.74) is 3.11. The lowest BCUT2D eigenvalue weighted by Gasteiger charge is -2.11. The van der Waals surface area contributed by atoms with Crippen molar-refractivity contribution in [3.05, 3.63) is 120 Å². The maximum absolute atomic E-state index is 12.9. The monoisotopic (exact) mass is 470 g/mol. The van der Waals surface area contributed by atoms with Crippen LogP contribution < -0.4 is 10.0 Å². The van der Waals surface area contributed by atoms with Crippen molar-refractivity contribution in [2.75, 3.05) is 11.9 Å². The third kappa shape index (κ3) is 5.46. The van der Waals surface area contributed by atoms with E-state index in [4.69, 9.17) is 0 Å². The topological polar surface area (TPSA) is 92.3 Å². The van der Waals surface area contributed by atoms with Gasteiger partial charge in [-0.1, -0.05) is 78.9 Å². The number of hydrogen-bond donors (Lipinski definition) is 2. The first-order chi connectivity index (χ1) is 16.4. The highest BCUT2D eigenvalue weighted by molar-refractivity contribution is 7.89. The van der Waals surface area contributed by atoms with E-state index < -0.39 is 10.0 Å². The Hall–Kier alpha value is -4.07. The molecule has 0 aliphatic carbocycles. The molecule has 1 amide bonds. The number of carbonyl (C=O) groups is 2. The van der Waals surface area contributed by atoms with Gasteiger partial charge in [-0.05, 0) is 41.5 Å². The van der Waals surface area contributed by atoms with Crippen LogP contribution in [0.2, 0.25) is 0 Å². The smallest absolute Gasteiger partial charge is 0.256 e. The van der Waals surface area contributed by atoms with Crippen molar-refractivity contribution in [2.24, 2.45) is 0 Å². The van der Waals surface area contributed by atoms with Crippen molar-refractivity contribution in [3.63, 3.8) is 0 Å². The van der Waals surface area contributed by atoms with Crippen molar-refractivity contribution < 1.29 is 18.0 Å². The van der Waals surface area contributed by atoms with E-state index in [0.29, 0.717) is 16.8 Å². The van der Waals surface area contributed by atoms with E-state index in [1.54, 1.807) is 42.5 Å². The Morgan fingerprint density at radius 2 is 1.26 bits per heavy atom. The molecule has 0 spiro atoms. The van der Waals surface area contributed by atoms with Gasteiger partial charge in [0, 0.05) is 16.8 Å². The molecule has 34 heavy (non-hydrogen) atoms. The molecule has 0 aromatic heterocycles. The van der Waals surface area contributed by atoms with Crippen LogP contribution in [0.25, 0.3) is 11.1 Å². The number of amides is 1. The Kier molecular flexibility index (Phi) is 6.96. The number of nitrogens with one attached hydrogen (secondary N) is 2. The van der Waals surface area contributed by atoms with E-state index in [-0.39, 0.29) is 23.1 Å². The van der Waals surface area contributed by atoms with Crippen LogP contribution in [0.1, 0.15) is 20.7 Å². The molecule has 6 nitrogen and oxygen atoms in total. The van der Waals surface area contributed by atoms with Crippen LogP contribution in [0.4, 0.5) is 5.69 Å². The molecule has 7 heteroatoms. The standard InChI is InChI=1S/C27H22N2O4S/c30-26(21-11-5-2-6-12-21)19-28-34(32,33)23-17-15-22(16-18-23)29-27(31)25-14-8-7-13-24(25)20-9-3-1-4-10-20/h1-18,28H,19H2,(H,29,31). The van der Waals surface area contributed by atoms with Crippen LogP contribution in [-0.4, -0.2) is 26.7 Å². The molecule has 170 valence electrons. The molecular formula is C27H22N2O4S. The number of anilines is 1. The van der Waals surface area contributed by atoms with Crippen LogP contribution in [0.3, 0.4) is 0 Å². The Bertz CT molecular complexity index is 1400. The summed E-state index contributed by atoms with van der Waals surface area (Å²) in [6.45, 7) is -0.346. The lowest BCUT2D eigenvalue weighted by Crippen LogP contribution is -2.29. The second-order valence-corrected chi connectivity index (χ2v) is 9.27. The fraction of sp³-hybridized carbons (Fsp3) is 0.0370. The van der Waals surface area contributed by atoms with Gasteiger partial charge in [0.1, 0.15) is 0 Å². The highest BCUT2D eigenvalue weighted by atomic mass is 32.2. The average Bonchev–Trinajstić information content (AvgIpc) is 2.88.